The van der Waals surface area contributed by atoms with Crippen LogP contribution in [0, 0.1) is 0 Å². The summed E-state index contributed by atoms with van der Waals surface area (Å²) < 4.78 is 29.5. The molecular weight excluding hydrogens is 424 g/mol. The van der Waals surface area contributed by atoms with E-state index in [1.165, 1.54) is 27.2 Å². The molecule has 0 unspecified atom stereocenters. The molecule has 170 valence electrons. The molecule has 32 heavy (non-hydrogen) atoms. The molecule has 0 bridgehead atoms. The fraction of sp³-hybridized carbons (Fsp3) is 0.273. The molecule has 0 fully saturated rings. The zero-order valence-electron chi connectivity index (χ0n) is 18.2. The maximum absolute atomic E-state index is 12.6. The third-order valence-corrected chi connectivity index (χ3v) is 4.34. The van der Waals surface area contributed by atoms with Crippen LogP contribution in [-0.4, -0.2) is 52.5 Å². The van der Waals surface area contributed by atoms with E-state index in [0.29, 0.717) is 11.3 Å². The van der Waals surface area contributed by atoms with Crippen molar-refractivity contribution < 1.29 is 47.6 Å². The molecule has 10 nitrogen and oxygen atoms in total. The van der Waals surface area contributed by atoms with Gasteiger partial charge < -0.3 is 28.4 Å². The number of ketones is 1. The minimum Gasteiger partial charge on any atom is -0.497 e. The van der Waals surface area contributed by atoms with Crippen LogP contribution >= 0.6 is 0 Å². The maximum Gasteiger partial charge on any atom is 0.513 e. The van der Waals surface area contributed by atoms with Gasteiger partial charge in [-0.05, 0) is 30.2 Å². The molecule has 2 aromatic rings. The van der Waals surface area contributed by atoms with Gasteiger partial charge in [-0.1, -0.05) is 12.1 Å². The Morgan fingerprint density at radius 3 is 1.97 bits per heavy atom. The first kappa shape index (κ1) is 24.2. The Morgan fingerprint density at radius 1 is 0.812 bits per heavy atom. The van der Waals surface area contributed by atoms with Crippen LogP contribution in [0.25, 0.3) is 11.1 Å². The second-order valence-corrected chi connectivity index (χ2v) is 6.25. The lowest BCUT2D eigenvalue weighted by molar-refractivity contribution is -0.139. The number of Topliss-reactive ketones (excluding diaryl/α,β-unsaturated/α-hetero) is 1. The zero-order valence-corrected chi connectivity index (χ0v) is 18.2. The van der Waals surface area contributed by atoms with Crippen molar-refractivity contribution in [2.24, 2.45) is 0 Å². The first-order valence-corrected chi connectivity index (χ1v) is 9.19. The van der Waals surface area contributed by atoms with E-state index in [4.69, 9.17) is 18.9 Å². The fourth-order valence-corrected chi connectivity index (χ4v) is 2.98. The average molecular weight is 446 g/mol. The standard InChI is InChI=1S/C22H22O10/c1-12(23)19-15(10-18(24)28-3)20(13-7-6-8-14(9-13)27-2)17(32-22(26)30-5)11-16(19)31-21(25)29-4/h6-9,11H,10H2,1-5H3. The van der Waals surface area contributed by atoms with E-state index >= 15 is 0 Å². The van der Waals surface area contributed by atoms with Gasteiger partial charge in [0.1, 0.15) is 17.2 Å². The van der Waals surface area contributed by atoms with E-state index in [-0.39, 0.29) is 28.2 Å². The second-order valence-electron chi connectivity index (χ2n) is 6.25. The Kier molecular flexibility index (Phi) is 8.17. The van der Waals surface area contributed by atoms with E-state index < -0.39 is 30.5 Å². The van der Waals surface area contributed by atoms with Gasteiger partial charge in [0, 0.05) is 11.6 Å². The molecule has 2 aromatic carbocycles. The van der Waals surface area contributed by atoms with E-state index in [1.54, 1.807) is 24.3 Å². The highest BCUT2D eigenvalue weighted by Crippen LogP contribution is 2.42. The smallest absolute Gasteiger partial charge is 0.497 e. The molecule has 0 N–H and O–H groups in total. The summed E-state index contributed by atoms with van der Waals surface area (Å²) in [6.45, 7) is 1.23. The van der Waals surface area contributed by atoms with Crippen LogP contribution in [0.15, 0.2) is 30.3 Å². The molecule has 0 spiro atoms. The van der Waals surface area contributed by atoms with Crippen LogP contribution in [-0.2, 0) is 25.4 Å². The summed E-state index contributed by atoms with van der Waals surface area (Å²) in [6, 6.07) is 7.80. The van der Waals surface area contributed by atoms with Gasteiger partial charge in [-0.15, -0.1) is 0 Å². The molecule has 0 heterocycles. The summed E-state index contributed by atoms with van der Waals surface area (Å²) in [6.07, 6.45) is -2.58. The zero-order chi connectivity index (χ0) is 23.8. The molecule has 0 atom stereocenters. The normalized spacial score (nSPS) is 10.0. The number of esters is 1. The Labute approximate surface area is 183 Å². The van der Waals surface area contributed by atoms with Crippen molar-refractivity contribution in [1.29, 1.82) is 0 Å². The molecule has 10 heteroatoms. The fourth-order valence-electron chi connectivity index (χ4n) is 2.98. The van der Waals surface area contributed by atoms with Crippen molar-refractivity contribution in [2.45, 2.75) is 13.3 Å². The number of methoxy groups -OCH3 is 4. The van der Waals surface area contributed by atoms with Crippen LogP contribution < -0.4 is 14.2 Å². The van der Waals surface area contributed by atoms with Gasteiger partial charge in [0.05, 0.1) is 40.4 Å². The molecule has 0 aliphatic heterocycles. The molecule has 0 radical (unpaired) electrons. The highest BCUT2D eigenvalue weighted by atomic mass is 16.7. The first-order chi connectivity index (χ1) is 15.2. The molecule has 0 amide bonds. The molecule has 0 aliphatic carbocycles. The van der Waals surface area contributed by atoms with Gasteiger partial charge in [0.15, 0.2) is 5.78 Å². The lowest BCUT2D eigenvalue weighted by Crippen LogP contribution is -2.17. The van der Waals surface area contributed by atoms with Crippen LogP contribution in [0.4, 0.5) is 9.59 Å². The average Bonchev–Trinajstić information content (AvgIpc) is 2.78. The molecule has 0 saturated carbocycles. The van der Waals surface area contributed by atoms with Crippen molar-refractivity contribution in [3.05, 3.63) is 41.5 Å². The highest BCUT2D eigenvalue weighted by Gasteiger charge is 2.28. The largest absolute Gasteiger partial charge is 0.513 e. The van der Waals surface area contributed by atoms with Gasteiger partial charge in [-0.25, -0.2) is 9.59 Å². The maximum atomic E-state index is 12.6. The van der Waals surface area contributed by atoms with E-state index in [0.717, 1.165) is 14.2 Å². The van der Waals surface area contributed by atoms with Crippen LogP contribution in [0.1, 0.15) is 22.8 Å². The minimum atomic E-state index is -1.12. The van der Waals surface area contributed by atoms with Gasteiger partial charge in [0.25, 0.3) is 0 Å². The second kappa shape index (κ2) is 10.8. The number of ether oxygens (including phenoxy) is 6. The lowest BCUT2D eigenvalue weighted by Gasteiger charge is -2.20. The summed E-state index contributed by atoms with van der Waals surface area (Å²) in [4.78, 5) is 48.5. The number of hydrogen-bond acceptors (Lipinski definition) is 10. The SMILES string of the molecule is COC(=O)Cc1c(C(C)=O)c(OC(=O)OC)cc(OC(=O)OC)c1-c1cccc(OC)c1. The van der Waals surface area contributed by atoms with Crippen LogP contribution in [0.5, 0.6) is 17.2 Å². The summed E-state index contributed by atoms with van der Waals surface area (Å²) in [5, 5.41) is 0. The number of carbonyl (C=O) groups excluding carboxylic acids is 4. The molecule has 0 aromatic heterocycles. The Hall–Kier alpha value is -4.08. The molecule has 0 aliphatic rings. The van der Waals surface area contributed by atoms with E-state index in [9.17, 15) is 19.2 Å². The minimum absolute atomic E-state index is 0.0872. The van der Waals surface area contributed by atoms with Gasteiger partial charge in [0.2, 0.25) is 0 Å². The van der Waals surface area contributed by atoms with E-state index in [1.807, 2.05) is 0 Å². The van der Waals surface area contributed by atoms with Crippen molar-refractivity contribution in [3.63, 3.8) is 0 Å². The summed E-state index contributed by atoms with van der Waals surface area (Å²) >= 11 is 0. The van der Waals surface area contributed by atoms with Gasteiger partial charge in [-0.3, -0.25) is 9.59 Å². The number of rotatable bonds is 7. The Morgan fingerprint density at radius 2 is 1.44 bits per heavy atom. The first-order valence-electron chi connectivity index (χ1n) is 9.19. The predicted octanol–water partition coefficient (Wildman–Crippen LogP) is 3.57. The van der Waals surface area contributed by atoms with Crippen molar-refractivity contribution in [3.8, 4) is 28.4 Å². The third kappa shape index (κ3) is 5.54. The Balaban J connectivity index is 2.95. The lowest BCUT2D eigenvalue weighted by atomic mass is 9.90. The van der Waals surface area contributed by atoms with Crippen LogP contribution in [0.3, 0.4) is 0 Å². The topological polar surface area (TPSA) is 124 Å². The summed E-state index contributed by atoms with van der Waals surface area (Å²) in [7, 11) is 4.84. The molecule has 0 saturated heterocycles. The molecule has 2 rings (SSSR count). The van der Waals surface area contributed by atoms with Gasteiger partial charge in [-0.2, -0.15) is 0 Å². The van der Waals surface area contributed by atoms with Crippen molar-refractivity contribution >= 4 is 24.1 Å². The highest BCUT2D eigenvalue weighted by molar-refractivity contribution is 6.03. The third-order valence-electron chi connectivity index (χ3n) is 4.34. The quantitative estimate of drug-likeness (QED) is 0.270. The summed E-state index contributed by atoms with van der Waals surface area (Å²) in [5.41, 5.74) is 0.685. The van der Waals surface area contributed by atoms with E-state index in [2.05, 4.69) is 9.47 Å². The van der Waals surface area contributed by atoms with Gasteiger partial charge >= 0.3 is 18.3 Å². The molecular formula is C22H22O10. The van der Waals surface area contributed by atoms with Crippen molar-refractivity contribution in [1.82, 2.24) is 0 Å². The number of benzene rings is 2. The number of hydrogen-bond donors (Lipinski definition) is 0. The van der Waals surface area contributed by atoms with Crippen molar-refractivity contribution in [2.75, 3.05) is 28.4 Å². The summed E-state index contributed by atoms with van der Waals surface area (Å²) in [5.74, 6) is -1.14. The number of carbonyl (C=O) groups is 4. The monoisotopic (exact) mass is 446 g/mol. The Bertz CT molecular complexity index is 1040. The van der Waals surface area contributed by atoms with Crippen LogP contribution in [0.2, 0.25) is 0 Å². The predicted molar refractivity (Wildman–Crippen MR) is 110 cm³/mol.